The van der Waals surface area contributed by atoms with Crippen LogP contribution in [0.5, 0.6) is 23.3 Å². The minimum Gasteiger partial charge on any atom is -0.502 e. The second kappa shape index (κ2) is 30.4. The molecule has 2 aliphatic heterocycles. The zero-order valence-electron chi connectivity index (χ0n) is 41.8. The van der Waals surface area contributed by atoms with E-state index in [1.165, 1.54) is 180 Å². The molecule has 0 bridgehead atoms. The minimum atomic E-state index is -0.0577. The summed E-state index contributed by atoms with van der Waals surface area (Å²) in [6.07, 6.45) is 48.2. The highest BCUT2D eigenvalue weighted by Crippen LogP contribution is 2.39. The molecule has 65 heavy (non-hydrogen) atoms. The van der Waals surface area contributed by atoms with E-state index in [2.05, 4.69) is 23.6 Å². The number of aromatic nitrogens is 4. The lowest BCUT2D eigenvalue weighted by molar-refractivity contribution is 0.0971. The van der Waals surface area contributed by atoms with Gasteiger partial charge in [0.05, 0.1) is 24.5 Å². The average Bonchev–Trinajstić information content (AvgIpc) is 3.82. The fourth-order valence-electron chi connectivity index (χ4n) is 9.86. The van der Waals surface area contributed by atoms with Gasteiger partial charge in [0.25, 0.3) is 11.8 Å². The van der Waals surface area contributed by atoms with Gasteiger partial charge in [0.2, 0.25) is 23.4 Å². The molecule has 0 unspecified atom stereocenters. The van der Waals surface area contributed by atoms with Crippen LogP contribution in [0.15, 0.2) is 0 Å². The maximum Gasteiger partial charge on any atom is 0.262 e. The van der Waals surface area contributed by atoms with E-state index in [0.717, 1.165) is 94.7 Å². The molecule has 0 amide bonds. The number of unbranched alkanes of at least 4 members (excludes halogenated alkanes) is 26. The summed E-state index contributed by atoms with van der Waals surface area (Å²) in [5.74, 6) is 3.30. The van der Waals surface area contributed by atoms with Crippen LogP contribution in [-0.4, -0.2) is 69.5 Å². The van der Waals surface area contributed by atoms with Crippen molar-refractivity contribution in [2.75, 3.05) is 36.0 Å². The van der Waals surface area contributed by atoms with Crippen molar-refractivity contribution in [3.8, 4) is 23.3 Å². The molecule has 10 nitrogen and oxygen atoms in total. The van der Waals surface area contributed by atoms with Gasteiger partial charge in [-0.1, -0.05) is 181 Å². The number of rotatable bonds is 38. The Balaban J connectivity index is 0.993. The number of nitrogens with zero attached hydrogens (tertiary/aromatic N) is 6. The highest BCUT2D eigenvalue weighted by atomic mass is 16.5. The fourth-order valence-corrected chi connectivity index (χ4v) is 9.86. The Morgan fingerprint density at radius 3 is 1.25 bits per heavy atom. The summed E-state index contributed by atoms with van der Waals surface area (Å²) in [5, 5.41) is 11.3. The van der Waals surface area contributed by atoms with Crippen LogP contribution >= 0.6 is 0 Å². The molecular formula is C55H94N6O4. The van der Waals surface area contributed by atoms with Gasteiger partial charge in [0.15, 0.2) is 0 Å². The van der Waals surface area contributed by atoms with Crippen LogP contribution in [0.25, 0.3) is 0 Å². The Labute approximate surface area is 396 Å². The van der Waals surface area contributed by atoms with Crippen molar-refractivity contribution in [1.82, 2.24) is 19.9 Å². The molecule has 2 aromatic rings. The molecule has 6 rings (SSSR count). The van der Waals surface area contributed by atoms with E-state index < -0.39 is 0 Å². The summed E-state index contributed by atoms with van der Waals surface area (Å²) in [6.45, 7) is 7.89. The SMILES string of the molecule is CCCCCCCCCCCCCCCCc1nc(N2CC(Oc3c(CCCCCCCCCCCCCCCC)nc(N4CCCC4)nc3OC3CCC3)C2)nc(OC2CCC2)c1O. The molecule has 0 spiro atoms. The molecule has 2 aromatic heterocycles. The van der Waals surface area contributed by atoms with Crippen molar-refractivity contribution >= 4 is 11.9 Å². The predicted molar refractivity (Wildman–Crippen MR) is 268 cm³/mol. The second-order valence-corrected chi connectivity index (χ2v) is 20.6. The summed E-state index contributed by atoms with van der Waals surface area (Å²) in [7, 11) is 0. The van der Waals surface area contributed by atoms with Gasteiger partial charge in [0.1, 0.15) is 18.3 Å². The Morgan fingerprint density at radius 1 is 0.415 bits per heavy atom. The summed E-state index contributed by atoms with van der Waals surface area (Å²) in [6, 6.07) is 0. The molecule has 1 N–H and O–H groups in total. The third kappa shape index (κ3) is 18.2. The van der Waals surface area contributed by atoms with Gasteiger partial charge < -0.3 is 29.1 Å². The van der Waals surface area contributed by atoms with E-state index in [9.17, 15) is 5.11 Å². The normalized spacial score (nSPS) is 16.8. The Kier molecular flexibility index (Phi) is 24.0. The molecule has 4 aliphatic rings. The van der Waals surface area contributed by atoms with E-state index in [0.29, 0.717) is 36.5 Å². The Morgan fingerprint density at radius 2 is 0.800 bits per heavy atom. The van der Waals surface area contributed by atoms with Crippen molar-refractivity contribution < 1.29 is 19.3 Å². The number of aromatic hydroxyl groups is 1. The van der Waals surface area contributed by atoms with Crippen LogP contribution < -0.4 is 24.0 Å². The zero-order chi connectivity index (χ0) is 45.2. The first-order valence-electron chi connectivity index (χ1n) is 28.1. The van der Waals surface area contributed by atoms with Crippen LogP contribution in [0.3, 0.4) is 0 Å². The minimum absolute atomic E-state index is 0.0577. The lowest BCUT2D eigenvalue weighted by atomic mass is 9.96. The maximum atomic E-state index is 11.3. The van der Waals surface area contributed by atoms with Crippen LogP contribution in [0.4, 0.5) is 11.9 Å². The number of hydrogen-bond acceptors (Lipinski definition) is 10. The lowest BCUT2D eigenvalue weighted by Gasteiger charge is -2.40. The van der Waals surface area contributed by atoms with E-state index in [1.54, 1.807) is 0 Å². The van der Waals surface area contributed by atoms with Gasteiger partial charge in [-0.2, -0.15) is 9.97 Å². The quantitative estimate of drug-likeness (QED) is 0.0655. The Bertz CT molecular complexity index is 1570. The van der Waals surface area contributed by atoms with Gasteiger partial charge in [-0.05, 0) is 77.0 Å². The number of anilines is 2. The number of hydrogen-bond donors (Lipinski definition) is 1. The molecule has 10 heteroatoms. The van der Waals surface area contributed by atoms with Gasteiger partial charge in [-0.3, -0.25) is 0 Å². The lowest BCUT2D eigenvalue weighted by Crippen LogP contribution is -2.54. The van der Waals surface area contributed by atoms with Crippen molar-refractivity contribution in [2.24, 2.45) is 0 Å². The molecule has 2 saturated carbocycles. The topological polar surface area (TPSA) is 106 Å². The first kappa shape index (κ1) is 51.4. The molecule has 0 radical (unpaired) electrons. The summed E-state index contributed by atoms with van der Waals surface area (Å²) < 4.78 is 19.8. The van der Waals surface area contributed by atoms with Crippen molar-refractivity contribution in [1.29, 1.82) is 0 Å². The summed E-state index contributed by atoms with van der Waals surface area (Å²) in [5.41, 5.74) is 1.71. The van der Waals surface area contributed by atoms with Crippen molar-refractivity contribution in [3.05, 3.63) is 11.4 Å². The molecule has 2 aliphatic carbocycles. The van der Waals surface area contributed by atoms with Crippen molar-refractivity contribution in [3.63, 3.8) is 0 Å². The molecule has 2 saturated heterocycles. The van der Waals surface area contributed by atoms with Crippen LogP contribution in [0.1, 0.15) is 256 Å². The first-order chi connectivity index (χ1) is 32.1. The van der Waals surface area contributed by atoms with E-state index in [4.69, 9.17) is 34.1 Å². The van der Waals surface area contributed by atoms with Gasteiger partial charge >= 0.3 is 0 Å². The van der Waals surface area contributed by atoms with E-state index in [1.807, 2.05) is 0 Å². The fraction of sp³-hybridized carbons (Fsp3) is 0.855. The predicted octanol–water partition coefficient (Wildman–Crippen LogP) is 14.8. The number of aryl methyl sites for hydroxylation is 2. The monoisotopic (exact) mass is 903 g/mol. The van der Waals surface area contributed by atoms with Gasteiger partial charge in [-0.25, -0.2) is 9.97 Å². The highest BCUT2D eigenvalue weighted by molar-refractivity contribution is 5.48. The largest absolute Gasteiger partial charge is 0.502 e. The smallest absolute Gasteiger partial charge is 0.262 e. The molecule has 0 atom stereocenters. The molecule has 368 valence electrons. The first-order valence-corrected chi connectivity index (χ1v) is 28.1. The average molecular weight is 903 g/mol. The van der Waals surface area contributed by atoms with Crippen LogP contribution in [0.2, 0.25) is 0 Å². The van der Waals surface area contributed by atoms with Crippen LogP contribution in [-0.2, 0) is 12.8 Å². The second-order valence-electron chi connectivity index (χ2n) is 20.6. The van der Waals surface area contributed by atoms with Gasteiger partial charge in [0, 0.05) is 13.1 Å². The maximum absolute atomic E-state index is 11.3. The van der Waals surface area contributed by atoms with E-state index in [-0.39, 0.29) is 24.1 Å². The number of ether oxygens (including phenoxy) is 3. The molecular weight excluding hydrogens is 809 g/mol. The summed E-state index contributed by atoms with van der Waals surface area (Å²) >= 11 is 0. The molecule has 4 fully saturated rings. The third-order valence-electron chi connectivity index (χ3n) is 14.8. The Hall–Kier alpha value is -3.04. The van der Waals surface area contributed by atoms with E-state index >= 15 is 0 Å². The van der Waals surface area contributed by atoms with Crippen LogP contribution in [0, 0.1) is 0 Å². The van der Waals surface area contributed by atoms with Crippen molar-refractivity contribution in [2.45, 2.75) is 276 Å². The molecule has 0 aromatic carbocycles. The summed E-state index contributed by atoms with van der Waals surface area (Å²) in [4.78, 5) is 24.6. The highest BCUT2D eigenvalue weighted by Gasteiger charge is 2.36. The molecule has 4 heterocycles. The zero-order valence-corrected chi connectivity index (χ0v) is 41.8. The van der Waals surface area contributed by atoms with Gasteiger partial charge in [-0.15, -0.1) is 0 Å². The standard InChI is InChI=1S/C55H94N6O4/c1-3-5-7-9-11-13-15-17-19-21-23-25-27-29-39-48-50(62)52(64-45-35-33-36-45)58-55(56-48)61-43-47(44-61)63-51-49(40-30-28-26-24-22-20-18-16-14-12-10-8-6-4-2)57-54(60-41-31-32-42-60)59-53(51)65-46-37-34-38-46/h45-47,62H,3-44H2,1-2H3. The third-order valence-corrected chi connectivity index (χ3v) is 14.8.